The molecule has 0 amide bonds. The van der Waals surface area contributed by atoms with Crippen LogP contribution < -0.4 is 5.32 Å². The molecule has 1 aromatic heterocycles. The number of hydrogen-bond donors (Lipinski definition) is 1. The monoisotopic (exact) mass is 273 g/mol. The second-order valence-corrected chi connectivity index (χ2v) is 4.81. The Bertz CT molecular complexity index is 283. The summed E-state index contributed by atoms with van der Waals surface area (Å²) >= 11 is 3.53. The van der Waals surface area contributed by atoms with Gasteiger partial charge >= 0.3 is 0 Å². The van der Waals surface area contributed by atoms with E-state index in [2.05, 4.69) is 44.6 Å². The zero-order chi connectivity index (χ0) is 11.3. The van der Waals surface area contributed by atoms with Crippen molar-refractivity contribution < 1.29 is 0 Å². The molecule has 1 heterocycles. The molecule has 4 heteroatoms. The molecule has 0 fully saturated rings. The second-order valence-electron chi connectivity index (χ2n) is 4.16. The third-order valence-corrected chi connectivity index (χ3v) is 3.34. The molecule has 86 valence electrons. The normalized spacial score (nSPS) is 13.4. The maximum atomic E-state index is 4.29. The van der Waals surface area contributed by atoms with Crippen LogP contribution in [0.1, 0.15) is 19.7 Å². The Balaban J connectivity index is 2.29. The van der Waals surface area contributed by atoms with Crippen molar-refractivity contribution in [2.75, 3.05) is 11.9 Å². The van der Waals surface area contributed by atoms with Crippen LogP contribution in [0.5, 0.6) is 0 Å². The summed E-state index contributed by atoms with van der Waals surface area (Å²) in [5.41, 5.74) is 0. The SMILES string of the molecule is CC(C)C(CBr)NCCc1nccn1C. The molecular formula is C11H20BrN3. The van der Waals surface area contributed by atoms with Gasteiger partial charge in [0.15, 0.2) is 0 Å². The van der Waals surface area contributed by atoms with Crippen molar-refractivity contribution >= 4 is 15.9 Å². The van der Waals surface area contributed by atoms with Gasteiger partial charge in [-0.15, -0.1) is 0 Å². The zero-order valence-corrected chi connectivity index (χ0v) is 11.3. The van der Waals surface area contributed by atoms with Gasteiger partial charge in [0.25, 0.3) is 0 Å². The molecule has 0 aliphatic carbocycles. The number of rotatable bonds is 6. The van der Waals surface area contributed by atoms with Crippen molar-refractivity contribution in [2.24, 2.45) is 13.0 Å². The maximum Gasteiger partial charge on any atom is 0.109 e. The summed E-state index contributed by atoms with van der Waals surface area (Å²) in [6, 6.07) is 0.547. The van der Waals surface area contributed by atoms with E-state index in [0.717, 1.165) is 24.1 Å². The van der Waals surface area contributed by atoms with Crippen LogP contribution in [0.15, 0.2) is 12.4 Å². The summed E-state index contributed by atoms with van der Waals surface area (Å²) < 4.78 is 2.07. The fourth-order valence-electron chi connectivity index (χ4n) is 1.48. The van der Waals surface area contributed by atoms with Crippen LogP contribution in [0.3, 0.4) is 0 Å². The van der Waals surface area contributed by atoms with Gasteiger partial charge in [-0.1, -0.05) is 29.8 Å². The Hall–Kier alpha value is -0.350. The highest BCUT2D eigenvalue weighted by atomic mass is 79.9. The molecule has 1 unspecified atom stereocenters. The molecule has 0 spiro atoms. The van der Waals surface area contributed by atoms with Crippen LogP contribution in [0, 0.1) is 5.92 Å². The van der Waals surface area contributed by atoms with Gasteiger partial charge in [0, 0.05) is 43.8 Å². The van der Waals surface area contributed by atoms with Gasteiger partial charge in [0.1, 0.15) is 5.82 Å². The van der Waals surface area contributed by atoms with E-state index in [1.54, 1.807) is 0 Å². The number of nitrogens with one attached hydrogen (secondary N) is 1. The molecule has 3 nitrogen and oxygen atoms in total. The predicted octanol–water partition coefficient (Wildman–Crippen LogP) is 1.97. The minimum Gasteiger partial charge on any atom is -0.338 e. The number of aryl methyl sites for hydroxylation is 1. The van der Waals surface area contributed by atoms with Crippen molar-refractivity contribution in [3.8, 4) is 0 Å². The standard InChI is InChI=1S/C11H20BrN3/c1-9(2)10(8-12)13-5-4-11-14-6-7-15(11)3/h6-7,9-10,13H,4-5,8H2,1-3H3. The van der Waals surface area contributed by atoms with E-state index in [4.69, 9.17) is 0 Å². The first-order valence-corrected chi connectivity index (χ1v) is 6.52. The van der Waals surface area contributed by atoms with Gasteiger partial charge in [-0.05, 0) is 5.92 Å². The lowest BCUT2D eigenvalue weighted by atomic mass is 10.1. The molecule has 15 heavy (non-hydrogen) atoms. The van der Waals surface area contributed by atoms with E-state index in [1.165, 1.54) is 0 Å². The number of hydrogen-bond acceptors (Lipinski definition) is 2. The van der Waals surface area contributed by atoms with E-state index < -0.39 is 0 Å². The summed E-state index contributed by atoms with van der Waals surface area (Å²) in [6.07, 6.45) is 4.82. The van der Waals surface area contributed by atoms with Gasteiger partial charge in [-0.2, -0.15) is 0 Å². The first-order valence-electron chi connectivity index (χ1n) is 5.40. The van der Waals surface area contributed by atoms with Gasteiger partial charge < -0.3 is 9.88 Å². The smallest absolute Gasteiger partial charge is 0.109 e. The summed E-state index contributed by atoms with van der Waals surface area (Å²) in [5.74, 6) is 1.80. The topological polar surface area (TPSA) is 29.9 Å². The Labute approximate surface area is 100 Å². The zero-order valence-electron chi connectivity index (χ0n) is 9.70. The number of halogens is 1. The average molecular weight is 274 g/mol. The van der Waals surface area contributed by atoms with Crippen LogP contribution in [0.4, 0.5) is 0 Å². The summed E-state index contributed by atoms with van der Waals surface area (Å²) in [6.45, 7) is 5.46. The molecule has 0 bridgehead atoms. The predicted molar refractivity (Wildman–Crippen MR) is 67.3 cm³/mol. The van der Waals surface area contributed by atoms with Crippen LogP contribution in [-0.4, -0.2) is 27.5 Å². The largest absolute Gasteiger partial charge is 0.338 e. The molecular weight excluding hydrogens is 254 g/mol. The second kappa shape index (κ2) is 6.28. The highest BCUT2D eigenvalue weighted by Crippen LogP contribution is 2.04. The van der Waals surface area contributed by atoms with Crippen molar-refractivity contribution in [3.05, 3.63) is 18.2 Å². The summed E-state index contributed by atoms with van der Waals surface area (Å²) in [7, 11) is 2.03. The molecule has 0 aliphatic rings. The number of alkyl halides is 1. The quantitative estimate of drug-likeness (QED) is 0.804. The van der Waals surface area contributed by atoms with Crippen LogP contribution in [0.2, 0.25) is 0 Å². The van der Waals surface area contributed by atoms with Crippen molar-refractivity contribution in [1.29, 1.82) is 0 Å². The van der Waals surface area contributed by atoms with Crippen molar-refractivity contribution in [1.82, 2.24) is 14.9 Å². The van der Waals surface area contributed by atoms with Crippen molar-refractivity contribution in [2.45, 2.75) is 26.3 Å². The molecule has 0 saturated carbocycles. The minimum absolute atomic E-state index is 0.547. The Morgan fingerprint density at radius 2 is 2.27 bits per heavy atom. The van der Waals surface area contributed by atoms with E-state index in [9.17, 15) is 0 Å². The average Bonchev–Trinajstić information content (AvgIpc) is 2.58. The first kappa shape index (κ1) is 12.7. The highest BCUT2D eigenvalue weighted by molar-refractivity contribution is 9.09. The lowest BCUT2D eigenvalue weighted by Gasteiger charge is -2.19. The minimum atomic E-state index is 0.547. The summed E-state index contributed by atoms with van der Waals surface area (Å²) in [4.78, 5) is 4.29. The summed E-state index contributed by atoms with van der Waals surface area (Å²) in [5, 5.41) is 4.54. The Morgan fingerprint density at radius 3 is 2.73 bits per heavy atom. The van der Waals surface area contributed by atoms with E-state index in [0.29, 0.717) is 12.0 Å². The molecule has 1 rings (SSSR count). The van der Waals surface area contributed by atoms with E-state index in [-0.39, 0.29) is 0 Å². The van der Waals surface area contributed by atoms with Gasteiger partial charge in [-0.3, -0.25) is 0 Å². The fraction of sp³-hybridized carbons (Fsp3) is 0.727. The van der Waals surface area contributed by atoms with E-state index >= 15 is 0 Å². The number of imidazole rings is 1. The van der Waals surface area contributed by atoms with Gasteiger partial charge in [0.05, 0.1) is 0 Å². The highest BCUT2D eigenvalue weighted by Gasteiger charge is 2.10. The molecule has 0 aromatic carbocycles. The maximum absolute atomic E-state index is 4.29. The number of aromatic nitrogens is 2. The molecule has 1 atom stereocenters. The lowest BCUT2D eigenvalue weighted by Crippen LogP contribution is -2.36. The van der Waals surface area contributed by atoms with Gasteiger partial charge in [0.2, 0.25) is 0 Å². The fourth-order valence-corrected chi connectivity index (χ4v) is 2.45. The third-order valence-electron chi connectivity index (χ3n) is 2.65. The molecule has 0 saturated heterocycles. The van der Waals surface area contributed by atoms with Gasteiger partial charge in [-0.25, -0.2) is 4.98 Å². The Kier molecular flexibility index (Phi) is 5.32. The number of nitrogens with zero attached hydrogens (tertiary/aromatic N) is 2. The molecule has 0 radical (unpaired) electrons. The van der Waals surface area contributed by atoms with Crippen LogP contribution in [0.25, 0.3) is 0 Å². The molecule has 1 aromatic rings. The third kappa shape index (κ3) is 3.95. The van der Waals surface area contributed by atoms with Crippen molar-refractivity contribution in [3.63, 3.8) is 0 Å². The first-order chi connectivity index (χ1) is 7.15. The van der Waals surface area contributed by atoms with Crippen LogP contribution in [-0.2, 0) is 13.5 Å². The molecule has 0 aliphatic heterocycles. The molecule has 1 N–H and O–H groups in total. The Morgan fingerprint density at radius 1 is 1.53 bits per heavy atom. The van der Waals surface area contributed by atoms with E-state index in [1.807, 2.05) is 19.4 Å². The lowest BCUT2D eigenvalue weighted by molar-refractivity contribution is 0.435. The van der Waals surface area contributed by atoms with Crippen LogP contribution >= 0.6 is 15.9 Å².